The summed E-state index contributed by atoms with van der Waals surface area (Å²) in [5.74, 6) is 0. The van der Waals surface area contributed by atoms with E-state index in [0.717, 1.165) is 45.4 Å². The lowest BCUT2D eigenvalue weighted by Gasteiger charge is -2.29. The van der Waals surface area contributed by atoms with Gasteiger partial charge in [0.1, 0.15) is 0 Å². The van der Waals surface area contributed by atoms with Crippen LogP contribution in [0.3, 0.4) is 0 Å². The second-order valence-electron chi connectivity index (χ2n) is 16.2. The maximum Gasteiger partial charge on any atom is 0.0562 e. The fourth-order valence-corrected chi connectivity index (χ4v) is 9.90. The van der Waals surface area contributed by atoms with Gasteiger partial charge in [-0.05, 0) is 135 Å². The first kappa shape index (κ1) is 32.8. The van der Waals surface area contributed by atoms with Crippen molar-refractivity contribution >= 4 is 66.7 Å². The highest BCUT2D eigenvalue weighted by Gasteiger charge is 2.37. The summed E-state index contributed by atoms with van der Waals surface area (Å²) in [6.45, 7) is 4.74. The molecule has 10 aromatic rings. The van der Waals surface area contributed by atoms with Gasteiger partial charge < -0.3 is 14.4 Å². The van der Waals surface area contributed by atoms with Crippen molar-refractivity contribution < 1.29 is 0 Å². The number of hydrogen-bond acceptors (Lipinski definition) is 2. The van der Waals surface area contributed by atoms with Crippen LogP contribution in [0.15, 0.2) is 200 Å². The molecule has 0 saturated carbocycles. The zero-order valence-corrected chi connectivity index (χ0v) is 32.4. The first-order valence-electron chi connectivity index (χ1n) is 20.2. The summed E-state index contributed by atoms with van der Waals surface area (Å²) in [4.78, 5) is 4.91. The summed E-state index contributed by atoms with van der Waals surface area (Å²) in [5, 5.41) is 4.92. The van der Waals surface area contributed by atoms with Gasteiger partial charge in [0, 0.05) is 50.3 Å². The number of nitrogens with zero attached hydrogens (tertiary/aromatic N) is 3. The molecule has 0 amide bonds. The van der Waals surface area contributed by atoms with E-state index < -0.39 is 0 Å². The highest BCUT2D eigenvalue weighted by Crippen LogP contribution is 2.54. The summed E-state index contributed by atoms with van der Waals surface area (Å²) in [5.41, 5.74) is 17.8. The molecule has 1 aromatic heterocycles. The Kier molecular flexibility index (Phi) is 6.98. The second-order valence-corrected chi connectivity index (χ2v) is 16.2. The molecule has 3 nitrogen and oxygen atoms in total. The summed E-state index contributed by atoms with van der Waals surface area (Å²) in [6.07, 6.45) is 0. The van der Waals surface area contributed by atoms with Crippen LogP contribution in [0.1, 0.15) is 25.0 Å². The second kappa shape index (κ2) is 12.3. The highest BCUT2D eigenvalue weighted by molar-refractivity contribution is 6.16. The molecule has 0 spiro atoms. The lowest BCUT2D eigenvalue weighted by molar-refractivity contribution is 0.660. The van der Waals surface area contributed by atoms with Gasteiger partial charge in [0.15, 0.2) is 0 Å². The normalized spacial score (nSPS) is 13.8. The molecule has 3 heteroatoms. The molecule has 9 aromatic carbocycles. The summed E-state index contributed by atoms with van der Waals surface area (Å²) in [6, 6.07) is 74.2. The molecule has 274 valence electrons. The zero-order valence-electron chi connectivity index (χ0n) is 32.4. The van der Waals surface area contributed by atoms with Crippen molar-refractivity contribution in [3.05, 3.63) is 211 Å². The van der Waals surface area contributed by atoms with Crippen LogP contribution in [-0.2, 0) is 5.41 Å². The number of rotatable bonds is 3. The average molecular weight is 742 g/mol. The molecule has 1 aliphatic heterocycles. The minimum absolute atomic E-state index is 0.156. The van der Waals surface area contributed by atoms with E-state index in [2.05, 4.69) is 228 Å². The van der Waals surface area contributed by atoms with E-state index in [1.807, 2.05) is 0 Å². The number of hydrogen-bond donors (Lipinski definition) is 0. The van der Waals surface area contributed by atoms with Crippen molar-refractivity contribution in [3.8, 4) is 27.9 Å². The number of benzene rings is 9. The lowest BCUT2D eigenvalue weighted by atomic mass is 9.82. The Hall–Kier alpha value is -7.36. The minimum Gasteiger partial charge on any atom is -0.310 e. The van der Waals surface area contributed by atoms with Gasteiger partial charge in [0.25, 0.3) is 0 Å². The number of para-hydroxylation sites is 2. The maximum absolute atomic E-state index is 2.49. The van der Waals surface area contributed by atoms with E-state index in [1.54, 1.807) is 0 Å². The number of fused-ring (bicyclic) bond motifs is 11. The van der Waals surface area contributed by atoms with Crippen LogP contribution in [0.25, 0.3) is 60.5 Å². The monoisotopic (exact) mass is 741 g/mol. The molecule has 1 aliphatic carbocycles. The van der Waals surface area contributed by atoms with E-state index in [9.17, 15) is 0 Å². The van der Waals surface area contributed by atoms with Gasteiger partial charge in [-0.1, -0.05) is 123 Å². The third kappa shape index (κ3) is 4.80. The third-order valence-electron chi connectivity index (χ3n) is 12.6. The molecule has 0 saturated heterocycles. The van der Waals surface area contributed by atoms with Gasteiger partial charge in [0.05, 0.1) is 16.7 Å². The standard InChI is InChI=1S/C55H39N3/c1-55(2)49-29-27-44-34-47(49)48-35-45(28-30-50(48)55)57(52-23-12-24-53-54(52)46-21-8-9-22-51(46)58(53)40-17-4-3-5-18-40)42-20-11-16-39(33-42)38-15-10-19-41(32-38)56(44)43-26-25-36-13-6-7-14-37(36)31-43/h3-35H,1-2H3. The largest absolute Gasteiger partial charge is 0.310 e. The highest BCUT2D eigenvalue weighted by atomic mass is 15.2. The van der Waals surface area contributed by atoms with Crippen LogP contribution < -0.4 is 9.80 Å². The fraction of sp³-hybridized carbons (Fsp3) is 0.0545. The van der Waals surface area contributed by atoms with Crippen LogP contribution in [0.4, 0.5) is 34.1 Å². The Morgan fingerprint density at radius 2 is 0.897 bits per heavy atom. The quantitative estimate of drug-likeness (QED) is 0.179. The molecule has 8 bridgehead atoms. The van der Waals surface area contributed by atoms with E-state index in [4.69, 9.17) is 0 Å². The first-order chi connectivity index (χ1) is 28.5. The van der Waals surface area contributed by atoms with Gasteiger partial charge in [0.2, 0.25) is 0 Å². The molecule has 2 aliphatic rings. The molecule has 2 heterocycles. The summed E-state index contributed by atoms with van der Waals surface area (Å²) < 4.78 is 2.41. The summed E-state index contributed by atoms with van der Waals surface area (Å²) in [7, 11) is 0. The smallest absolute Gasteiger partial charge is 0.0562 e. The third-order valence-corrected chi connectivity index (χ3v) is 12.6. The molecule has 0 fully saturated rings. The Balaban J connectivity index is 1.15. The molecule has 0 radical (unpaired) electrons. The maximum atomic E-state index is 2.49. The van der Waals surface area contributed by atoms with Crippen molar-refractivity contribution in [1.82, 2.24) is 4.57 Å². The molecule has 12 rings (SSSR count). The van der Waals surface area contributed by atoms with E-state index in [-0.39, 0.29) is 5.41 Å². The van der Waals surface area contributed by atoms with Crippen LogP contribution in [0.2, 0.25) is 0 Å². The Bertz CT molecular complexity index is 3280. The Labute approximate surface area is 338 Å². The molecular weight excluding hydrogens is 703 g/mol. The van der Waals surface area contributed by atoms with Crippen LogP contribution in [0, 0.1) is 0 Å². The Morgan fingerprint density at radius 1 is 0.362 bits per heavy atom. The predicted molar refractivity (Wildman–Crippen MR) is 244 cm³/mol. The van der Waals surface area contributed by atoms with Crippen molar-refractivity contribution in [2.75, 3.05) is 9.80 Å². The number of anilines is 6. The number of aromatic nitrogens is 1. The molecule has 0 unspecified atom stereocenters. The molecular formula is C55H39N3. The minimum atomic E-state index is -0.156. The molecule has 0 N–H and O–H groups in total. The summed E-state index contributed by atoms with van der Waals surface area (Å²) >= 11 is 0. The lowest BCUT2D eigenvalue weighted by Crippen LogP contribution is -2.16. The van der Waals surface area contributed by atoms with Crippen molar-refractivity contribution in [2.24, 2.45) is 0 Å². The molecule has 0 atom stereocenters. The van der Waals surface area contributed by atoms with E-state index in [0.29, 0.717) is 0 Å². The van der Waals surface area contributed by atoms with Gasteiger partial charge in [-0.2, -0.15) is 0 Å². The van der Waals surface area contributed by atoms with Crippen molar-refractivity contribution in [2.45, 2.75) is 19.3 Å². The van der Waals surface area contributed by atoms with Crippen LogP contribution in [0.5, 0.6) is 0 Å². The van der Waals surface area contributed by atoms with Crippen LogP contribution in [-0.4, -0.2) is 4.57 Å². The van der Waals surface area contributed by atoms with Gasteiger partial charge in [-0.15, -0.1) is 0 Å². The van der Waals surface area contributed by atoms with Crippen LogP contribution >= 0.6 is 0 Å². The van der Waals surface area contributed by atoms with Crippen molar-refractivity contribution in [3.63, 3.8) is 0 Å². The SMILES string of the molecule is CC1(C)c2ccc3cc2-c2cc(ccc21)N(c1cccc2c1c1ccccc1n2-c1ccccc1)c1cccc(c1)-c1cccc(c1)N3c1ccc2ccccc2c1. The van der Waals surface area contributed by atoms with E-state index in [1.165, 1.54) is 60.4 Å². The fourth-order valence-electron chi connectivity index (χ4n) is 9.90. The molecule has 58 heavy (non-hydrogen) atoms. The van der Waals surface area contributed by atoms with Crippen molar-refractivity contribution in [1.29, 1.82) is 0 Å². The average Bonchev–Trinajstić information content (AvgIpc) is 3.72. The van der Waals surface area contributed by atoms with E-state index >= 15 is 0 Å². The Morgan fingerprint density at radius 3 is 1.64 bits per heavy atom. The van der Waals surface area contributed by atoms with Gasteiger partial charge in [-0.25, -0.2) is 0 Å². The zero-order chi connectivity index (χ0) is 38.5. The predicted octanol–water partition coefficient (Wildman–Crippen LogP) is 15.2. The van der Waals surface area contributed by atoms with Gasteiger partial charge >= 0.3 is 0 Å². The first-order valence-corrected chi connectivity index (χ1v) is 20.2. The van der Waals surface area contributed by atoms with Gasteiger partial charge in [-0.3, -0.25) is 0 Å². The topological polar surface area (TPSA) is 11.4 Å².